The summed E-state index contributed by atoms with van der Waals surface area (Å²) in [5.41, 5.74) is 0. The van der Waals surface area contributed by atoms with Crippen LogP contribution >= 0.6 is 0 Å². The zero-order valence-corrected chi connectivity index (χ0v) is 11.0. The van der Waals surface area contributed by atoms with Gasteiger partial charge in [0.2, 0.25) is 0 Å². The number of methoxy groups -OCH3 is 1. The van der Waals surface area contributed by atoms with Crippen LogP contribution in [-0.2, 0) is 22.5 Å². The third kappa shape index (κ3) is 4.04. The molecule has 1 aliphatic heterocycles. The van der Waals surface area contributed by atoms with Crippen LogP contribution in [-0.4, -0.2) is 42.5 Å². The van der Waals surface area contributed by atoms with E-state index in [0.717, 1.165) is 25.9 Å². The fraction of sp³-hybridized carbons (Fsp3) is 0.833. The molecule has 1 atom stereocenters. The number of hydrogen-bond acceptors (Lipinski definition) is 6. The van der Waals surface area contributed by atoms with Crippen LogP contribution in [0.4, 0.5) is 0 Å². The predicted molar refractivity (Wildman–Crippen MR) is 65.2 cm³/mol. The second-order valence-electron chi connectivity index (χ2n) is 4.62. The molecule has 0 amide bonds. The molecule has 1 N–H and O–H groups in total. The standard InChI is InChI=1S/C12H21N3O3/c1-9(16-2)7-11-14-12(18-15-11)8-17-10-3-5-13-6-4-10/h9-10,13H,3-8H2,1-2H3. The first-order chi connectivity index (χ1) is 8.78. The molecule has 2 heterocycles. The van der Waals surface area contributed by atoms with Gasteiger partial charge in [-0.1, -0.05) is 5.16 Å². The van der Waals surface area contributed by atoms with E-state index >= 15 is 0 Å². The monoisotopic (exact) mass is 255 g/mol. The second-order valence-corrected chi connectivity index (χ2v) is 4.62. The van der Waals surface area contributed by atoms with E-state index in [1.807, 2.05) is 6.92 Å². The van der Waals surface area contributed by atoms with Crippen molar-refractivity contribution in [3.8, 4) is 0 Å². The van der Waals surface area contributed by atoms with Crippen molar-refractivity contribution in [1.82, 2.24) is 15.5 Å². The highest BCUT2D eigenvalue weighted by atomic mass is 16.5. The summed E-state index contributed by atoms with van der Waals surface area (Å²) >= 11 is 0. The highest BCUT2D eigenvalue weighted by Gasteiger charge is 2.15. The van der Waals surface area contributed by atoms with Gasteiger partial charge in [0.1, 0.15) is 6.61 Å². The van der Waals surface area contributed by atoms with Crippen LogP contribution < -0.4 is 5.32 Å². The van der Waals surface area contributed by atoms with Crippen LogP contribution in [0.25, 0.3) is 0 Å². The van der Waals surface area contributed by atoms with Crippen LogP contribution in [0.15, 0.2) is 4.52 Å². The molecule has 6 nitrogen and oxygen atoms in total. The Bertz CT molecular complexity index is 350. The van der Waals surface area contributed by atoms with Crippen molar-refractivity contribution in [2.75, 3.05) is 20.2 Å². The quantitative estimate of drug-likeness (QED) is 0.815. The van der Waals surface area contributed by atoms with E-state index in [-0.39, 0.29) is 6.10 Å². The lowest BCUT2D eigenvalue weighted by atomic mass is 10.1. The third-order valence-electron chi connectivity index (χ3n) is 3.11. The highest BCUT2D eigenvalue weighted by molar-refractivity contribution is 4.87. The maximum absolute atomic E-state index is 5.75. The topological polar surface area (TPSA) is 69.4 Å². The van der Waals surface area contributed by atoms with Crippen LogP contribution in [0.5, 0.6) is 0 Å². The maximum Gasteiger partial charge on any atom is 0.252 e. The number of rotatable bonds is 6. The van der Waals surface area contributed by atoms with Crippen molar-refractivity contribution in [3.63, 3.8) is 0 Å². The van der Waals surface area contributed by atoms with Gasteiger partial charge in [-0.05, 0) is 32.9 Å². The predicted octanol–water partition coefficient (Wildman–Crippen LogP) is 0.916. The average molecular weight is 255 g/mol. The first-order valence-corrected chi connectivity index (χ1v) is 6.44. The Balaban J connectivity index is 1.75. The van der Waals surface area contributed by atoms with E-state index in [0.29, 0.717) is 30.8 Å². The molecule has 102 valence electrons. The number of aromatic nitrogens is 2. The van der Waals surface area contributed by atoms with E-state index in [9.17, 15) is 0 Å². The molecule has 1 saturated heterocycles. The van der Waals surface area contributed by atoms with Crippen LogP contribution in [0.3, 0.4) is 0 Å². The summed E-state index contributed by atoms with van der Waals surface area (Å²) < 4.78 is 16.0. The molecule has 1 unspecified atom stereocenters. The summed E-state index contributed by atoms with van der Waals surface area (Å²) in [7, 11) is 1.67. The van der Waals surface area contributed by atoms with Gasteiger partial charge in [-0.25, -0.2) is 0 Å². The van der Waals surface area contributed by atoms with E-state index in [4.69, 9.17) is 14.0 Å². The molecule has 0 aliphatic carbocycles. The highest BCUT2D eigenvalue weighted by Crippen LogP contribution is 2.10. The molecule has 0 aromatic carbocycles. The fourth-order valence-corrected chi connectivity index (χ4v) is 1.92. The number of nitrogens with one attached hydrogen (secondary N) is 1. The van der Waals surface area contributed by atoms with Crippen molar-refractivity contribution < 1.29 is 14.0 Å². The van der Waals surface area contributed by atoms with E-state index in [2.05, 4.69) is 15.5 Å². The Morgan fingerprint density at radius 2 is 2.22 bits per heavy atom. The Morgan fingerprint density at radius 1 is 1.44 bits per heavy atom. The molecule has 1 aromatic heterocycles. The van der Waals surface area contributed by atoms with Gasteiger partial charge in [-0.2, -0.15) is 4.98 Å². The number of hydrogen-bond donors (Lipinski definition) is 1. The molecule has 0 bridgehead atoms. The van der Waals surface area contributed by atoms with E-state index in [1.165, 1.54) is 0 Å². The normalized spacial score (nSPS) is 19.0. The Labute approximate surface area is 107 Å². The molecular weight excluding hydrogens is 234 g/mol. The van der Waals surface area contributed by atoms with E-state index in [1.54, 1.807) is 7.11 Å². The molecular formula is C12H21N3O3. The van der Waals surface area contributed by atoms with Crippen molar-refractivity contribution in [3.05, 3.63) is 11.7 Å². The van der Waals surface area contributed by atoms with Gasteiger partial charge < -0.3 is 19.3 Å². The number of piperidine rings is 1. The first kappa shape index (κ1) is 13.5. The summed E-state index contributed by atoms with van der Waals surface area (Å²) in [5, 5.41) is 7.21. The average Bonchev–Trinajstić information content (AvgIpc) is 2.85. The molecule has 2 rings (SSSR count). The maximum atomic E-state index is 5.75. The van der Waals surface area contributed by atoms with Gasteiger partial charge in [0, 0.05) is 13.5 Å². The SMILES string of the molecule is COC(C)Cc1noc(COC2CCNCC2)n1. The zero-order valence-electron chi connectivity index (χ0n) is 11.0. The summed E-state index contributed by atoms with van der Waals surface area (Å²) in [4.78, 5) is 4.28. The zero-order chi connectivity index (χ0) is 12.8. The van der Waals surface area contributed by atoms with Crippen LogP contribution in [0.1, 0.15) is 31.5 Å². The molecule has 0 spiro atoms. The summed E-state index contributed by atoms with van der Waals surface area (Å²) in [6.07, 6.45) is 3.15. The Morgan fingerprint density at radius 3 is 2.94 bits per heavy atom. The largest absolute Gasteiger partial charge is 0.381 e. The molecule has 6 heteroatoms. The van der Waals surface area contributed by atoms with Gasteiger partial charge in [0.05, 0.1) is 12.2 Å². The molecule has 1 aliphatic rings. The minimum atomic E-state index is 0.0980. The van der Waals surface area contributed by atoms with Gasteiger partial charge in [0.15, 0.2) is 5.82 Å². The summed E-state index contributed by atoms with van der Waals surface area (Å²) in [6, 6.07) is 0. The van der Waals surface area contributed by atoms with Crippen LogP contribution in [0, 0.1) is 0 Å². The van der Waals surface area contributed by atoms with Gasteiger partial charge in [-0.3, -0.25) is 0 Å². The Hall–Kier alpha value is -0.980. The molecule has 0 saturated carbocycles. The minimum absolute atomic E-state index is 0.0980. The van der Waals surface area contributed by atoms with Crippen molar-refractivity contribution in [2.45, 2.75) is 45.0 Å². The molecule has 1 fully saturated rings. The smallest absolute Gasteiger partial charge is 0.252 e. The lowest BCUT2D eigenvalue weighted by Crippen LogP contribution is -2.32. The first-order valence-electron chi connectivity index (χ1n) is 6.44. The van der Waals surface area contributed by atoms with Crippen LogP contribution in [0.2, 0.25) is 0 Å². The van der Waals surface area contributed by atoms with Gasteiger partial charge in [-0.15, -0.1) is 0 Å². The van der Waals surface area contributed by atoms with E-state index < -0.39 is 0 Å². The number of nitrogens with zero attached hydrogens (tertiary/aromatic N) is 2. The fourth-order valence-electron chi connectivity index (χ4n) is 1.92. The van der Waals surface area contributed by atoms with Gasteiger partial charge >= 0.3 is 0 Å². The van der Waals surface area contributed by atoms with Crippen molar-refractivity contribution in [2.24, 2.45) is 0 Å². The van der Waals surface area contributed by atoms with Crippen molar-refractivity contribution >= 4 is 0 Å². The number of ether oxygens (including phenoxy) is 2. The third-order valence-corrected chi connectivity index (χ3v) is 3.11. The second kappa shape index (κ2) is 6.82. The lowest BCUT2D eigenvalue weighted by Gasteiger charge is -2.21. The minimum Gasteiger partial charge on any atom is -0.381 e. The Kier molecular flexibility index (Phi) is 5.10. The molecule has 0 radical (unpaired) electrons. The molecule has 18 heavy (non-hydrogen) atoms. The molecule has 1 aromatic rings. The lowest BCUT2D eigenvalue weighted by molar-refractivity contribution is 0.00859. The summed E-state index contributed by atoms with van der Waals surface area (Å²) in [5.74, 6) is 1.22. The van der Waals surface area contributed by atoms with Crippen molar-refractivity contribution in [1.29, 1.82) is 0 Å². The summed E-state index contributed by atoms with van der Waals surface area (Å²) in [6.45, 7) is 4.41. The van der Waals surface area contributed by atoms with Gasteiger partial charge in [0.25, 0.3) is 5.89 Å².